The third-order valence-electron chi connectivity index (χ3n) is 3.48. The number of aryl methyl sites for hydroxylation is 1. The fourth-order valence-corrected chi connectivity index (χ4v) is 3.37. The second kappa shape index (κ2) is 7.41. The van der Waals surface area contributed by atoms with Crippen LogP contribution in [0.15, 0.2) is 18.2 Å². The highest BCUT2D eigenvalue weighted by molar-refractivity contribution is 7.21. The molecule has 136 valence electrons. The van der Waals surface area contributed by atoms with Crippen molar-refractivity contribution in [3.05, 3.63) is 28.6 Å². The zero-order valence-electron chi connectivity index (χ0n) is 15.0. The van der Waals surface area contributed by atoms with E-state index >= 15 is 0 Å². The van der Waals surface area contributed by atoms with Gasteiger partial charge in [-0.25, -0.2) is 4.79 Å². The molecule has 0 bridgehead atoms. The van der Waals surface area contributed by atoms with E-state index in [4.69, 9.17) is 9.47 Å². The molecule has 6 nitrogen and oxygen atoms in total. The molecular weight excluding hydrogens is 342 g/mol. The van der Waals surface area contributed by atoms with Crippen LogP contribution in [-0.4, -0.2) is 42.3 Å². The van der Waals surface area contributed by atoms with Gasteiger partial charge in [-0.3, -0.25) is 4.79 Å². The molecule has 7 heteroatoms. The number of hydrogen-bond acceptors (Lipinski definition) is 6. The third-order valence-corrected chi connectivity index (χ3v) is 4.76. The molecular formula is C18H23NO5S. The fourth-order valence-electron chi connectivity index (χ4n) is 2.27. The molecule has 1 amide bonds. The summed E-state index contributed by atoms with van der Waals surface area (Å²) in [4.78, 5) is 24.7. The Hall–Kier alpha value is -2.12. The predicted molar refractivity (Wildman–Crippen MR) is 97.3 cm³/mol. The quantitative estimate of drug-likeness (QED) is 0.796. The Bertz CT molecular complexity index is 791. The number of ether oxygens (including phenoxy) is 2. The lowest BCUT2D eigenvalue weighted by atomic mass is 10.1. The fraction of sp³-hybridized carbons (Fsp3) is 0.444. The zero-order valence-corrected chi connectivity index (χ0v) is 15.8. The molecule has 0 radical (unpaired) electrons. The minimum Gasteiger partial charge on any atom is -0.497 e. The standard InChI is InChI=1S/C18H23NO5S/c1-10-12-8-11(23-5)6-7-14(12)25-15(10)16(21)19-9-13(20)17(22)24-18(2,3)4/h6-8,13,20H,9H2,1-5H3,(H,19,21)/t13-/m0/s1. The van der Waals surface area contributed by atoms with E-state index in [9.17, 15) is 14.7 Å². The van der Waals surface area contributed by atoms with Crippen LogP contribution < -0.4 is 10.1 Å². The molecule has 1 heterocycles. The Kier molecular flexibility index (Phi) is 5.69. The second-order valence-corrected chi connectivity index (χ2v) is 7.73. The first kappa shape index (κ1) is 19.2. The lowest BCUT2D eigenvalue weighted by Crippen LogP contribution is -2.40. The summed E-state index contributed by atoms with van der Waals surface area (Å²) in [7, 11) is 1.59. The summed E-state index contributed by atoms with van der Waals surface area (Å²) >= 11 is 1.36. The van der Waals surface area contributed by atoms with Crippen molar-refractivity contribution in [1.29, 1.82) is 0 Å². The Labute approximate surface area is 150 Å². The number of aliphatic hydroxyl groups is 1. The van der Waals surface area contributed by atoms with Crippen molar-refractivity contribution < 1.29 is 24.2 Å². The lowest BCUT2D eigenvalue weighted by Gasteiger charge is -2.21. The minimum atomic E-state index is -1.40. The van der Waals surface area contributed by atoms with Gasteiger partial charge in [0.2, 0.25) is 0 Å². The number of fused-ring (bicyclic) bond motifs is 1. The normalized spacial score (nSPS) is 12.7. The van der Waals surface area contributed by atoms with Gasteiger partial charge < -0.3 is 19.9 Å². The number of nitrogens with one attached hydrogen (secondary N) is 1. The average molecular weight is 365 g/mol. The molecule has 2 rings (SSSR count). The number of amides is 1. The van der Waals surface area contributed by atoms with Gasteiger partial charge in [-0.2, -0.15) is 0 Å². The molecule has 0 aliphatic carbocycles. The molecule has 25 heavy (non-hydrogen) atoms. The summed E-state index contributed by atoms with van der Waals surface area (Å²) in [5, 5.41) is 13.4. The van der Waals surface area contributed by atoms with E-state index in [0.717, 1.165) is 21.4 Å². The van der Waals surface area contributed by atoms with Gasteiger partial charge in [-0.05, 0) is 56.8 Å². The van der Waals surface area contributed by atoms with E-state index in [-0.39, 0.29) is 12.5 Å². The van der Waals surface area contributed by atoms with Crippen molar-refractivity contribution in [2.75, 3.05) is 13.7 Å². The molecule has 0 aliphatic rings. The van der Waals surface area contributed by atoms with E-state index in [2.05, 4.69) is 5.32 Å². The summed E-state index contributed by atoms with van der Waals surface area (Å²) in [6.07, 6.45) is -1.40. The summed E-state index contributed by atoms with van der Waals surface area (Å²) in [6.45, 7) is 6.79. The maximum atomic E-state index is 12.4. The monoisotopic (exact) mass is 365 g/mol. The molecule has 1 aromatic carbocycles. The van der Waals surface area contributed by atoms with E-state index in [0.29, 0.717) is 4.88 Å². The molecule has 2 aromatic rings. The van der Waals surface area contributed by atoms with Gasteiger partial charge >= 0.3 is 5.97 Å². The Morgan fingerprint density at radius 2 is 2.00 bits per heavy atom. The van der Waals surface area contributed by atoms with Crippen LogP contribution in [0.5, 0.6) is 5.75 Å². The van der Waals surface area contributed by atoms with Crippen LogP contribution in [0.4, 0.5) is 0 Å². The summed E-state index contributed by atoms with van der Waals surface area (Å²) in [5.74, 6) is -0.369. The largest absolute Gasteiger partial charge is 0.497 e. The van der Waals surface area contributed by atoms with Gasteiger partial charge in [0.05, 0.1) is 18.5 Å². The Balaban J connectivity index is 2.07. The second-order valence-electron chi connectivity index (χ2n) is 6.68. The predicted octanol–water partition coefficient (Wildman–Crippen LogP) is 2.65. The number of methoxy groups -OCH3 is 1. The van der Waals surface area contributed by atoms with Crippen molar-refractivity contribution in [2.24, 2.45) is 0 Å². The molecule has 0 unspecified atom stereocenters. The SMILES string of the molecule is COc1ccc2sc(C(=O)NC[C@H](O)C(=O)OC(C)(C)C)c(C)c2c1. The maximum Gasteiger partial charge on any atom is 0.337 e. The highest BCUT2D eigenvalue weighted by Gasteiger charge is 2.24. The summed E-state index contributed by atoms with van der Waals surface area (Å²) in [6, 6.07) is 5.62. The van der Waals surface area contributed by atoms with Crippen molar-refractivity contribution in [3.63, 3.8) is 0 Å². The molecule has 2 N–H and O–H groups in total. The third kappa shape index (κ3) is 4.70. The highest BCUT2D eigenvalue weighted by Crippen LogP contribution is 2.33. The lowest BCUT2D eigenvalue weighted by molar-refractivity contribution is -0.164. The van der Waals surface area contributed by atoms with Crippen LogP contribution in [0.1, 0.15) is 36.0 Å². The number of hydrogen-bond donors (Lipinski definition) is 2. The molecule has 0 saturated carbocycles. The van der Waals surface area contributed by atoms with E-state index in [1.54, 1.807) is 27.9 Å². The minimum absolute atomic E-state index is 0.204. The van der Waals surface area contributed by atoms with Crippen LogP contribution in [0, 0.1) is 6.92 Å². The number of carbonyl (C=O) groups is 2. The number of carbonyl (C=O) groups excluding carboxylic acids is 2. The van der Waals surface area contributed by atoms with Crippen LogP contribution >= 0.6 is 11.3 Å². The Morgan fingerprint density at radius 1 is 1.32 bits per heavy atom. The number of benzene rings is 1. The van der Waals surface area contributed by atoms with Crippen molar-refractivity contribution >= 4 is 33.3 Å². The van der Waals surface area contributed by atoms with E-state index in [1.165, 1.54) is 11.3 Å². The molecule has 0 spiro atoms. The van der Waals surface area contributed by atoms with Gasteiger partial charge in [0.15, 0.2) is 6.10 Å². The van der Waals surface area contributed by atoms with Gasteiger partial charge in [0, 0.05) is 4.70 Å². The van der Waals surface area contributed by atoms with Gasteiger partial charge in [0.25, 0.3) is 5.91 Å². The number of esters is 1. The number of thiophene rings is 1. The van der Waals surface area contributed by atoms with Crippen molar-refractivity contribution in [2.45, 2.75) is 39.4 Å². The van der Waals surface area contributed by atoms with Crippen molar-refractivity contribution in [1.82, 2.24) is 5.32 Å². The van der Waals surface area contributed by atoms with Crippen LogP contribution in [0.2, 0.25) is 0 Å². The van der Waals surface area contributed by atoms with Crippen LogP contribution in [-0.2, 0) is 9.53 Å². The first-order valence-electron chi connectivity index (χ1n) is 7.88. The number of rotatable bonds is 5. The van der Waals surface area contributed by atoms with Crippen LogP contribution in [0.3, 0.4) is 0 Å². The highest BCUT2D eigenvalue weighted by atomic mass is 32.1. The molecule has 0 aliphatic heterocycles. The van der Waals surface area contributed by atoms with E-state index < -0.39 is 17.7 Å². The van der Waals surface area contributed by atoms with Gasteiger partial charge in [-0.15, -0.1) is 11.3 Å². The number of aliphatic hydroxyl groups excluding tert-OH is 1. The van der Waals surface area contributed by atoms with Gasteiger partial charge in [0.1, 0.15) is 11.4 Å². The van der Waals surface area contributed by atoms with Crippen molar-refractivity contribution in [3.8, 4) is 5.75 Å². The zero-order chi connectivity index (χ0) is 18.8. The molecule has 0 saturated heterocycles. The van der Waals surface area contributed by atoms with E-state index in [1.807, 2.05) is 25.1 Å². The molecule has 1 atom stereocenters. The summed E-state index contributed by atoms with van der Waals surface area (Å²) < 4.78 is 11.3. The van der Waals surface area contributed by atoms with Crippen LogP contribution in [0.25, 0.3) is 10.1 Å². The maximum absolute atomic E-state index is 12.4. The smallest absolute Gasteiger partial charge is 0.337 e. The molecule has 0 fully saturated rings. The topological polar surface area (TPSA) is 84.9 Å². The first-order chi connectivity index (χ1) is 11.6. The molecule has 1 aromatic heterocycles. The summed E-state index contributed by atoms with van der Waals surface area (Å²) in [5.41, 5.74) is 0.145. The van der Waals surface area contributed by atoms with Gasteiger partial charge in [-0.1, -0.05) is 0 Å². The first-order valence-corrected chi connectivity index (χ1v) is 8.70. The Morgan fingerprint density at radius 3 is 2.60 bits per heavy atom. The average Bonchev–Trinajstić information content (AvgIpc) is 2.87.